The molecule has 0 aromatic heterocycles. The third-order valence-corrected chi connectivity index (χ3v) is 15.7. The molecule has 1 amide bonds. The lowest BCUT2D eigenvalue weighted by Gasteiger charge is -2.41. The maximum Gasteiger partial charge on any atom is 0.306 e. The van der Waals surface area contributed by atoms with Crippen LogP contribution in [0, 0.1) is 0 Å². The summed E-state index contributed by atoms with van der Waals surface area (Å²) in [5.74, 6) is -1.20. The number of aliphatic hydroxyl groups is 5. The minimum Gasteiger partial charge on any atom is -0.454 e. The van der Waals surface area contributed by atoms with Gasteiger partial charge in [-0.2, -0.15) is 0 Å². The molecule has 1 fully saturated rings. The van der Waals surface area contributed by atoms with E-state index in [0.717, 1.165) is 83.5 Å². The van der Waals surface area contributed by atoms with Gasteiger partial charge in [-0.25, -0.2) is 0 Å². The lowest BCUT2D eigenvalue weighted by Crippen LogP contribution is -2.61. The average molecular weight is 1120 g/mol. The van der Waals surface area contributed by atoms with Gasteiger partial charge < -0.3 is 45.1 Å². The molecule has 0 bridgehead atoms. The number of allylic oxidation sites excluding steroid dienone is 7. The van der Waals surface area contributed by atoms with Crippen LogP contribution in [0.4, 0.5) is 0 Å². The van der Waals surface area contributed by atoms with Gasteiger partial charge in [0.15, 0.2) is 12.4 Å². The number of hydrogen-bond acceptors (Lipinski definition) is 10. The second-order valence-corrected chi connectivity index (χ2v) is 23.2. The van der Waals surface area contributed by atoms with Crippen LogP contribution in [0.3, 0.4) is 0 Å². The summed E-state index contributed by atoms with van der Waals surface area (Å²) in [6.45, 7) is 5.77. The van der Waals surface area contributed by atoms with Crippen molar-refractivity contribution in [1.29, 1.82) is 0 Å². The van der Waals surface area contributed by atoms with Gasteiger partial charge in [-0.3, -0.25) is 9.59 Å². The molecule has 11 nitrogen and oxygen atoms in total. The van der Waals surface area contributed by atoms with E-state index in [1.807, 2.05) is 6.08 Å². The van der Waals surface area contributed by atoms with Crippen LogP contribution in [0.15, 0.2) is 48.6 Å². The fourth-order valence-corrected chi connectivity index (χ4v) is 10.4. The Bertz CT molecular complexity index is 1470. The normalized spacial score (nSPS) is 19.1. The van der Waals surface area contributed by atoms with Crippen molar-refractivity contribution < 1.29 is 49.3 Å². The van der Waals surface area contributed by atoms with Crippen LogP contribution < -0.4 is 5.32 Å². The van der Waals surface area contributed by atoms with Crippen LogP contribution in [-0.2, 0) is 23.8 Å². The number of amides is 1. The molecule has 6 N–H and O–H groups in total. The Morgan fingerprint density at radius 3 is 1.33 bits per heavy atom. The molecule has 79 heavy (non-hydrogen) atoms. The third kappa shape index (κ3) is 43.9. The first-order valence-electron chi connectivity index (χ1n) is 33.4. The van der Waals surface area contributed by atoms with E-state index in [-0.39, 0.29) is 13.0 Å². The summed E-state index contributed by atoms with van der Waals surface area (Å²) in [6, 6.07) is -1.02. The SMILES string of the molecule is CCCCC/C=C/C=C/CCCCCCCCC(=O)OC1C(OCC(NC(=O)C(O)CCCCCCCCCCCCCCCC/C=C/CCCCCCCC)C(O)/C=C/CCCCCCCCCCC)OC(CO)C(O)C1O. The molecule has 462 valence electrons. The number of rotatable bonds is 57. The van der Waals surface area contributed by atoms with Gasteiger partial charge in [0.25, 0.3) is 0 Å². The Labute approximate surface area is 485 Å². The quantitative estimate of drug-likeness (QED) is 0.0149. The van der Waals surface area contributed by atoms with Crippen LogP contribution in [0.1, 0.15) is 310 Å². The van der Waals surface area contributed by atoms with Gasteiger partial charge in [-0.05, 0) is 77.0 Å². The first-order valence-corrected chi connectivity index (χ1v) is 33.4. The molecule has 0 aromatic carbocycles. The molecule has 0 radical (unpaired) electrons. The number of carbonyl (C=O) groups excluding carboxylic acids is 2. The van der Waals surface area contributed by atoms with E-state index >= 15 is 0 Å². The highest BCUT2D eigenvalue weighted by Crippen LogP contribution is 2.26. The Morgan fingerprint density at radius 2 is 0.873 bits per heavy atom. The molecule has 0 saturated carbocycles. The number of aliphatic hydroxyl groups excluding tert-OH is 5. The van der Waals surface area contributed by atoms with Crippen molar-refractivity contribution in [3.8, 4) is 0 Å². The summed E-state index contributed by atoms with van der Waals surface area (Å²) in [5.41, 5.74) is 0. The van der Waals surface area contributed by atoms with E-state index in [1.54, 1.807) is 6.08 Å². The monoisotopic (exact) mass is 1120 g/mol. The number of carbonyl (C=O) groups is 2. The van der Waals surface area contributed by atoms with Crippen molar-refractivity contribution in [3.05, 3.63) is 48.6 Å². The fraction of sp³-hybridized carbons (Fsp3) is 0.853. The van der Waals surface area contributed by atoms with Crippen LogP contribution in [-0.4, -0.2) is 99.6 Å². The molecule has 0 aromatic rings. The van der Waals surface area contributed by atoms with Crippen molar-refractivity contribution in [2.75, 3.05) is 13.2 Å². The fourth-order valence-electron chi connectivity index (χ4n) is 10.4. The zero-order chi connectivity index (χ0) is 57.5. The first kappa shape index (κ1) is 74.6. The molecule has 0 spiro atoms. The lowest BCUT2D eigenvalue weighted by atomic mass is 9.99. The molecule has 8 atom stereocenters. The van der Waals surface area contributed by atoms with Crippen LogP contribution in [0.25, 0.3) is 0 Å². The second kappa shape index (κ2) is 56.1. The molecule has 1 saturated heterocycles. The molecule has 1 aliphatic heterocycles. The molecular weight excluding hydrogens is 991 g/mol. The Kier molecular flexibility index (Phi) is 53.0. The van der Waals surface area contributed by atoms with Gasteiger partial charge >= 0.3 is 5.97 Å². The van der Waals surface area contributed by atoms with E-state index in [1.165, 1.54) is 180 Å². The number of hydrogen-bond donors (Lipinski definition) is 6. The van der Waals surface area contributed by atoms with Gasteiger partial charge in [-0.15, -0.1) is 0 Å². The highest BCUT2D eigenvalue weighted by Gasteiger charge is 2.47. The summed E-state index contributed by atoms with van der Waals surface area (Å²) >= 11 is 0. The predicted molar refractivity (Wildman–Crippen MR) is 329 cm³/mol. The number of esters is 1. The number of unbranched alkanes of at least 4 members (excludes halogenated alkanes) is 38. The molecule has 1 rings (SSSR count). The van der Waals surface area contributed by atoms with Gasteiger partial charge in [0.2, 0.25) is 5.91 Å². The van der Waals surface area contributed by atoms with Crippen LogP contribution >= 0.6 is 0 Å². The molecule has 11 heteroatoms. The van der Waals surface area contributed by atoms with Crippen LogP contribution in [0.2, 0.25) is 0 Å². The zero-order valence-electron chi connectivity index (χ0n) is 51.2. The predicted octanol–water partition coefficient (Wildman–Crippen LogP) is 16.4. The molecule has 1 aliphatic rings. The highest BCUT2D eigenvalue weighted by molar-refractivity contribution is 5.80. The Hall–Kier alpha value is -2.38. The number of nitrogens with one attached hydrogen (secondary N) is 1. The first-order chi connectivity index (χ1) is 38.7. The standard InChI is InChI=1S/C68H125NO10/c1-4-7-10-13-16-19-22-24-26-27-28-29-30-31-32-33-34-36-37-40-43-46-49-52-55-61(72)67(76)69-59(60(71)54-51-48-45-42-39-21-18-15-12-9-6-3)58-77-68-66(65(75)64(74)62(57-70)78-68)79-63(73)56-53-50-47-44-41-38-35-25-23-20-17-14-11-8-5-2/h17,20,23-26,51,54,59-62,64-66,68,70-72,74-75H,4-16,18-19,21-22,27-50,52-53,55-58H2,1-3H3,(H,69,76)/b20-17+,25-23+,26-24+,54-51+. The minimum absolute atomic E-state index is 0.111. The smallest absolute Gasteiger partial charge is 0.306 e. The summed E-state index contributed by atoms with van der Waals surface area (Å²) < 4.78 is 17.6. The molecular formula is C68H125NO10. The molecule has 1 heterocycles. The lowest BCUT2D eigenvalue weighted by molar-refractivity contribution is -0.305. The average Bonchev–Trinajstić information content (AvgIpc) is 3.47. The van der Waals surface area contributed by atoms with Crippen molar-refractivity contribution >= 4 is 11.9 Å². The maximum atomic E-state index is 13.4. The van der Waals surface area contributed by atoms with Gasteiger partial charge in [0, 0.05) is 6.42 Å². The van der Waals surface area contributed by atoms with Crippen molar-refractivity contribution in [1.82, 2.24) is 5.32 Å². The summed E-state index contributed by atoms with van der Waals surface area (Å²) in [6.07, 6.45) is 58.7. The molecule has 8 unspecified atom stereocenters. The number of ether oxygens (including phenoxy) is 3. The molecule has 0 aliphatic carbocycles. The largest absolute Gasteiger partial charge is 0.454 e. The summed E-state index contributed by atoms with van der Waals surface area (Å²) in [5, 5.41) is 57.0. The van der Waals surface area contributed by atoms with E-state index in [0.29, 0.717) is 19.3 Å². The van der Waals surface area contributed by atoms with Crippen molar-refractivity contribution in [3.63, 3.8) is 0 Å². The topological polar surface area (TPSA) is 175 Å². The van der Waals surface area contributed by atoms with Gasteiger partial charge in [-0.1, -0.05) is 275 Å². The van der Waals surface area contributed by atoms with E-state index in [9.17, 15) is 35.1 Å². The summed E-state index contributed by atoms with van der Waals surface area (Å²) in [7, 11) is 0. The highest BCUT2D eigenvalue weighted by atomic mass is 16.7. The van der Waals surface area contributed by atoms with E-state index < -0.39 is 67.4 Å². The third-order valence-electron chi connectivity index (χ3n) is 15.7. The van der Waals surface area contributed by atoms with E-state index in [2.05, 4.69) is 62.5 Å². The summed E-state index contributed by atoms with van der Waals surface area (Å²) in [4.78, 5) is 26.6. The minimum atomic E-state index is -1.62. The Morgan fingerprint density at radius 1 is 0.494 bits per heavy atom. The van der Waals surface area contributed by atoms with Crippen molar-refractivity contribution in [2.45, 2.75) is 359 Å². The van der Waals surface area contributed by atoms with Gasteiger partial charge in [0.05, 0.1) is 25.4 Å². The Balaban J connectivity index is 2.58. The zero-order valence-corrected chi connectivity index (χ0v) is 51.2. The van der Waals surface area contributed by atoms with Crippen molar-refractivity contribution in [2.24, 2.45) is 0 Å². The second-order valence-electron chi connectivity index (χ2n) is 23.2. The van der Waals surface area contributed by atoms with Crippen LogP contribution in [0.5, 0.6) is 0 Å². The maximum absolute atomic E-state index is 13.4. The van der Waals surface area contributed by atoms with E-state index in [4.69, 9.17) is 14.2 Å². The van der Waals surface area contributed by atoms with Gasteiger partial charge in [0.1, 0.15) is 24.4 Å².